The number of aromatic nitrogens is 1. The number of carbonyl (C=O) groups excluding carboxylic acids is 1. The third-order valence-electron chi connectivity index (χ3n) is 2.78. The smallest absolute Gasteiger partial charge is 0.323 e. The molecule has 0 radical (unpaired) electrons. The summed E-state index contributed by atoms with van der Waals surface area (Å²) >= 11 is 6.37. The van der Waals surface area contributed by atoms with Gasteiger partial charge in [0.15, 0.2) is 17.5 Å². The lowest BCUT2D eigenvalue weighted by Crippen LogP contribution is -2.16. The van der Waals surface area contributed by atoms with E-state index >= 15 is 0 Å². The monoisotopic (exact) mass is 400 g/mol. The molecule has 0 spiro atoms. The van der Waals surface area contributed by atoms with Gasteiger partial charge in [0.05, 0.1) is 22.0 Å². The highest BCUT2D eigenvalue weighted by Gasteiger charge is 2.31. The van der Waals surface area contributed by atoms with Gasteiger partial charge in [0.2, 0.25) is 5.91 Å². The van der Waals surface area contributed by atoms with Crippen LogP contribution in [-0.4, -0.2) is 16.6 Å². The highest BCUT2D eigenvalue weighted by molar-refractivity contribution is 8.00. The van der Waals surface area contributed by atoms with Crippen molar-refractivity contribution in [3.05, 3.63) is 52.4 Å². The van der Waals surface area contributed by atoms with Crippen LogP contribution < -0.4 is 5.32 Å². The van der Waals surface area contributed by atoms with Crippen LogP contribution in [0.4, 0.5) is 32.0 Å². The zero-order chi connectivity index (χ0) is 18.8. The van der Waals surface area contributed by atoms with E-state index in [0.29, 0.717) is 30.1 Å². The number of pyridine rings is 1. The third kappa shape index (κ3) is 4.79. The fraction of sp³-hybridized carbons (Fsp3) is 0.143. The minimum atomic E-state index is -4.61. The molecule has 134 valence electrons. The van der Waals surface area contributed by atoms with Gasteiger partial charge in [-0.05, 0) is 18.2 Å². The van der Waals surface area contributed by atoms with E-state index in [9.17, 15) is 31.1 Å². The first-order chi connectivity index (χ1) is 11.6. The summed E-state index contributed by atoms with van der Waals surface area (Å²) in [5.41, 5.74) is -1.62. The molecule has 1 aromatic heterocycles. The molecule has 0 aliphatic rings. The van der Waals surface area contributed by atoms with Gasteiger partial charge in [0.25, 0.3) is 0 Å². The van der Waals surface area contributed by atoms with E-state index < -0.39 is 46.5 Å². The number of carbonyl (C=O) groups is 1. The van der Waals surface area contributed by atoms with E-state index in [4.69, 9.17) is 11.6 Å². The molecule has 0 bridgehead atoms. The van der Waals surface area contributed by atoms with E-state index in [1.54, 1.807) is 0 Å². The lowest BCUT2D eigenvalue weighted by Gasteiger charge is -2.09. The number of alkyl halides is 3. The summed E-state index contributed by atoms with van der Waals surface area (Å²) < 4.78 is 76.8. The normalized spacial score (nSPS) is 11.5. The van der Waals surface area contributed by atoms with Crippen molar-refractivity contribution in [3.63, 3.8) is 0 Å². The number of hydrogen-bond acceptors (Lipinski definition) is 3. The fourth-order valence-corrected chi connectivity index (χ4v) is 2.62. The molecule has 2 rings (SSSR count). The number of nitrogens with zero attached hydrogens (tertiary/aromatic N) is 1. The summed E-state index contributed by atoms with van der Waals surface area (Å²) in [6.45, 7) is 0. The van der Waals surface area contributed by atoms with Gasteiger partial charge >= 0.3 is 6.18 Å². The third-order valence-corrected chi connectivity index (χ3v) is 4.19. The molecule has 0 aliphatic carbocycles. The maximum Gasteiger partial charge on any atom is 0.417 e. The molecule has 0 atom stereocenters. The van der Waals surface area contributed by atoms with Crippen molar-refractivity contribution in [3.8, 4) is 0 Å². The van der Waals surface area contributed by atoms with Gasteiger partial charge in [-0.25, -0.2) is 18.2 Å². The lowest BCUT2D eigenvalue weighted by molar-refractivity contribution is -0.137. The number of benzene rings is 1. The zero-order valence-electron chi connectivity index (χ0n) is 11.9. The van der Waals surface area contributed by atoms with Gasteiger partial charge in [-0.2, -0.15) is 13.2 Å². The molecule has 2 aromatic rings. The highest BCUT2D eigenvalue weighted by atomic mass is 35.5. The number of rotatable bonds is 4. The van der Waals surface area contributed by atoms with Crippen molar-refractivity contribution in [1.82, 2.24) is 4.98 Å². The van der Waals surface area contributed by atoms with Crippen LogP contribution in [0.3, 0.4) is 0 Å². The molecule has 3 nitrogen and oxygen atoms in total. The summed E-state index contributed by atoms with van der Waals surface area (Å²) in [6, 6.07) is 2.12. The molecule has 0 aliphatic heterocycles. The van der Waals surface area contributed by atoms with E-state index in [1.165, 1.54) is 0 Å². The van der Waals surface area contributed by atoms with E-state index in [0.717, 1.165) is 6.07 Å². The molecule has 0 unspecified atom stereocenters. The van der Waals surface area contributed by atoms with Crippen LogP contribution >= 0.6 is 23.4 Å². The van der Waals surface area contributed by atoms with Gasteiger partial charge in [-0.3, -0.25) is 4.79 Å². The summed E-state index contributed by atoms with van der Waals surface area (Å²) in [6.07, 6.45) is -4.05. The molecular weight excluding hydrogens is 394 g/mol. The van der Waals surface area contributed by atoms with E-state index in [1.807, 2.05) is 5.32 Å². The van der Waals surface area contributed by atoms with Crippen LogP contribution in [0.2, 0.25) is 5.02 Å². The second kappa shape index (κ2) is 7.52. The second-order valence-corrected chi connectivity index (χ2v) is 5.94. The van der Waals surface area contributed by atoms with Crippen LogP contribution in [-0.2, 0) is 11.0 Å². The summed E-state index contributed by atoms with van der Waals surface area (Å²) in [4.78, 5) is 15.2. The Hall–Kier alpha value is -1.94. The van der Waals surface area contributed by atoms with Crippen molar-refractivity contribution >= 4 is 35.0 Å². The molecule has 1 aromatic carbocycles. The molecule has 1 N–H and O–H groups in total. The summed E-state index contributed by atoms with van der Waals surface area (Å²) in [5.74, 6) is -5.92. The Labute approximate surface area is 146 Å². The number of thioether (sulfide) groups is 1. The van der Waals surface area contributed by atoms with E-state index in [2.05, 4.69) is 4.98 Å². The van der Waals surface area contributed by atoms with Crippen molar-refractivity contribution < 1.29 is 31.1 Å². The Balaban J connectivity index is 2.02. The SMILES string of the molecule is O=C(CSc1ncc(C(F)(F)F)cc1Cl)Nc1ccc(F)c(F)c1F. The Morgan fingerprint density at radius 1 is 1.20 bits per heavy atom. The van der Waals surface area contributed by atoms with Crippen LogP contribution in [0.15, 0.2) is 29.4 Å². The number of hydrogen-bond donors (Lipinski definition) is 1. The molecule has 0 fully saturated rings. The fourth-order valence-electron chi connectivity index (χ4n) is 1.63. The Kier molecular flexibility index (Phi) is 5.83. The molecule has 1 amide bonds. The van der Waals surface area contributed by atoms with Crippen molar-refractivity contribution in [2.75, 3.05) is 11.1 Å². The zero-order valence-corrected chi connectivity index (χ0v) is 13.5. The average molecular weight is 401 g/mol. The largest absolute Gasteiger partial charge is 0.417 e. The number of halogens is 7. The Morgan fingerprint density at radius 3 is 2.48 bits per heavy atom. The highest BCUT2D eigenvalue weighted by Crippen LogP contribution is 2.33. The van der Waals surface area contributed by atoms with Crippen molar-refractivity contribution in [1.29, 1.82) is 0 Å². The average Bonchev–Trinajstić information content (AvgIpc) is 2.53. The minimum Gasteiger partial charge on any atom is -0.323 e. The molecule has 0 saturated heterocycles. The van der Waals surface area contributed by atoms with Gasteiger partial charge in [0.1, 0.15) is 5.03 Å². The van der Waals surface area contributed by atoms with Crippen LogP contribution in [0.1, 0.15) is 5.56 Å². The second-order valence-electron chi connectivity index (χ2n) is 4.57. The first-order valence-electron chi connectivity index (χ1n) is 6.38. The molecule has 25 heavy (non-hydrogen) atoms. The first-order valence-corrected chi connectivity index (χ1v) is 7.75. The number of anilines is 1. The van der Waals surface area contributed by atoms with E-state index in [-0.39, 0.29) is 10.0 Å². The van der Waals surface area contributed by atoms with Gasteiger partial charge in [-0.1, -0.05) is 23.4 Å². The van der Waals surface area contributed by atoms with Crippen LogP contribution in [0.25, 0.3) is 0 Å². The minimum absolute atomic E-state index is 0.0458. The summed E-state index contributed by atoms with van der Waals surface area (Å²) in [5, 5.41) is 1.65. The maximum atomic E-state index is 13.4. The maximum absolute atomic E-state index is 13.4. The van der Waals surface area contributed by atoms with Gasteiger partial charge < -0.3 is 5.32 Å². The molecule has 0 saturated carbocycles. The van der Waals surface area contributed by atoms with Crippen LogP contribution in [0.5, 0.6) is 0 Å². The number of amides is 1. The first kappa shape index (κ1) is 19.4. The molecule has 1 heterocycles. The van der Waals surface area contributed by atoms with Gasteiger partial charge in [-0.15, -0.1) is 0 Å². The summed E-state index contributed by atoms with van der Waals surface area (Å²) in [7, 11) is 0. The topological polar surface area (TPSA) is 42.0 Å². The lowest BCUT2D eigenvalue weighted by atomic mass is 10.3. The van der Waals surface area contributed by atoms with Crippen molar-refractivity contribution in [2.24, 2.45) is 0 Å². The van der Waals surface area contributed by atoms with Crippen molar-refractivity contribution in [2.45, 2.75) is 11.2 Å². The molecular formula is C14H7ClF6N2OS. The predicted octanol–water partition coefficient (Wildman–Crippen LogP) is 4.90. The Bertz CT molecular complexity index is 815. The number of nitrogens with one attached hydrogen (secondary N) is 1. The quantitative estimate of drug-likeness (QED) is 0.451. The Morgan fingerprint density at radius 2 is 1.88 bits per heavy atom. The molecule has 11 heteroatoms. The van der Waals surface area contributed by atoms with Gasteiger partial charge in [0, 0.05) is 6.20 Å². The standard InChI is InChI=1S/C14H7ClF6N2OS/c15-7-3-6(14(19,20)21)4-22-13(7)25-5-10(24)23-9-2-1-8(16)11(17)12(9)18/h1-4H,5H2,(H,23,24). The predicted molar refractivity (Wildman–Crippen MR) is 79.9 cm³/mol. The van der Waals surface area contributed by atoms with Crippen LogP contribution in [0, 0.1) is 17.5 Å².